The molecule has 2 N–H and O–H groups in total. The van der Waals surface area contributed by atoms with Gasteiger partial charge in [-0.25, -0.2) is 0 Å². The van der Waals surface area contributed by atoms with Gasteiger partial charge in [-0.3, -0.25) is 4.90 Å². The van der Waals surface area contributed by atoms with Gasteiger partial charge in [0, 0.05) is 19.1 Å². The molecule has 0 radical (unpaired) electrons. The zero-order chi connectivity index (χ0) is 13.4. The number of hydrogen-bond donors (Lipinski definition) is 2. The second-order valence-corrected chi connectivity index (χ2v) is 5.92. The lowest BCUT2D eigenvalue weighted by Gasteiger charge is -2.26. The SMILES string of the molecule is CC(C)(C#N)CCCN(CCO)CC1CCCN1. The van der Waals surface area contributed by atoms with E-state index in [9.17, 15) is 0 Å². The monoisotopic (exact) mass is 253 g/mol. The van der Waals surface area contributed by atoms with Gasteiger partial charge in [0.25, 0.3) is 0 Å². The van der Waals surface area contributed by atoms with Crippen LogP contribution in [-0.2, 0) is 0 Å². The highest BCUT2D eigenvalue weighted by atomic mass is 16.3. The van der Waals surface area contributed by atoms with Gasteiger partial charge in [-0.15, -0.1) is 0 Å². The quantitative estimate of drug-likeness (QED) is 0.686. The first-order valence-corrected chi connectivity index (χ1v) is 7.05. The number of aliphatic hydroxyl groups is 1. The Hall–Kier alpha value is -0.630. The van der Waals surface area contributed by atoms with E-state index in [1.54, 1.807) is 0 Å². The molecule has 1 saturated heterocycles. The third kappa shape index (κ3) is 5.81. The Kier molecular flexibility index (Phi) is 6.62. The van der Waals surface area contributed by atoms with E-state index in [1.807, 2.05) is 13.8 Å². The highest BCUT2D eigenvalue weighted by Gasteiger charge is 2.19. The molecular formula is C14H27N3O. The molecule has 0 saturated carbocycles. The average molecular weight is 253 g/mol. The van der Waals surface area contributed by atoms with Crippen LogP contribution in [0.4, 0.5) is 0 Å². The molecule has 0 aromatic carbocycles. The van der Waals surface area contributed by atoms with Crippen molar-refractivity contribution in [2.75, 3.05) is 32.8 Å². The average Bonchev–Trinajstić information content (AvgIpc) is 2.82. The summed E-state index contributed by atoms with van der Waals surface area (Å²) in [5.74, 6) is 0. The molecule has 1 rings (SSSR count). The fourth-order valence-corrected chi connectivity index (χ4v) is 2.46. The first kappa shape index (κ1) is 15.4. The summed E-state index contributed by atoms with van der Waals surface area (Å²) >= 11 is 0. The molecule has 104 valence electrons. The Balaban J connectivity index is 2.26. The van der Waals surface area contributed by atoms with E-state index in [0.29, 0.717) is 6.04 Å². The van der Waals surface area contributed by atoms with Gasteiger partial charge in [-0.2, -0.15) is 5.26 Å². The molecule has 1 unspecified atom stereocenters. The van der Waals surface area contributed by atoms with Crippen LogP contribution >= 0.6 is 0 Å². The van der Waals surface area contributed by atoms with Crippen molar-refractivity contribution in [1.82, 2.24) is 10.2 Å². The van der Waals surface area contributed by atoms with Crippen molar-refractivity contribution in [3.63, 3.8) is 0 Å². The zero-order valence-electron chi connectivity index (χ0n) is 11.8. The van der Waals surface area contributed by atoms with Crippen LogP contribution in [0.5, 0.6) is 0 Å². The third-order valence-corrected chi connectivity index (χ3v) is 3.64. The lowest BCUT2D eigenvalue weighted by atomic mass is 9.90. The van der Waals surface area contributed by atoms with Crippen LogP contribution < -0.4 is 5.32 Å². The highest BCUT2D eigenvalue weighted by Crippen LogP contribution is 2.20. The lowest BCUT2D eigenvalue weighted by Crippen LogP contribution is -2.39. The van der Waals surface area contributed by atoms with E-state index in [0.717, 1.165) is 39.0 Å². The van der Waals surface area contributed by atoms with Gasteiger partial charge in [0.1, 0.15) is 0 Å². The normalized spacial score (nSPS) is 20.3. The van der Waals surface area contributed by atoms with Gasteiger partial charge in [0.05, 0.1) is 18.1 Å². The standard InChI is InChI=1S/C14H27N3O/c1-14(2,12-15)6-4-8-17(9-10-18)11-13-5-3-7-16-13/h13,16,18H,3-11H2,1-2H3. The molecule has 4 heteroatoms. The highest BCUT2D eigenvalue weighted by molar-refractivity contribution is 4.91. The van der Waals surface area contributed by atoms with Gasteiger partial charge in [0.15, 0.2) is 0 Å². The van der Waals surface area contributed by atoms with Crippen molar-refractivity contribution in [2.24, 2.45) is 5.41 Å². The number of nitrogens with one attached hydrogen (secondary N) is 1. The molecule has 0 amide bonds. The Morgan fingerprint density at radius 3 is 2.78 bits per heavy atom. The van der Waals surface area contributed by atoms with Gasteiger partial charge in [-0.05, 0) is 52.6 Å². The maximum absolute atomic E-state index is 9.10. The molecule has 18 heavy (non-hydrogen) atoms. The van der Waals surface area contributed by atoms with Gasteiger partial charge in [-0.1, -0.05) is 0 Å². The van der Waals surface area contributed by atoms with E-state index in [1.165, 1.54) is 12.8 Å². The molecular weight excluding hydrogens is 226 g/mol. The molecule has 0 bridgehead atoms. The van der Waals surface area contributed by atoms with Crippen molar-refractivity contribution >= 4 is 0 Å². The van der Waals surface area contributed by atoms with E-state index in [4.69, 9.17) is 10.4 Å². The van der Waals surface area contributed by atoms with Crippen molar-refractivity contribution in [3.8, 4) is 6.07 Å². The number of rotatable bonds is 8. The molecule has 1 fully saturated rings. The van der Waals surface area contributed by atoms with Crippen molar-refractivity contribution in [2.45, 2.75) is 45.6 Å². The molecule has 0 aromatic rings. The molecule has 0 aliphatic carbocycles. The minimum absolute atomic E-state index is 0.217. The third-order valence-electron chi connectivity index (χ3n) is 3.64. The first-order valence-electron chi connectivity index (χ1n) is 7.05. The van der Waals surface area contributed by atoms with Crippen LogP contribution in [0.2, 0.25) is 0 Å². The molecule has 4 nitrogen and oxygen atoms in total. The number of hydrogen-bond acceptors (Lipinski definition) is 4. The Morgan fingerprint density at radius 2 is 2.22 bits per heavy atom. The topological polar surface area (TPSA) is 59.3 Å². The zero-order valence-corrected chi connectivity index (χ0v) is 11.8. The van der Waals surface area contributed by atoms with Crippen molar-refractivity contribution in [3.05, 3.63) is 0 Å². The molecule has 1 heterocycles. The summed E-state index contributed by atoms with van der Waals surface area (Å²) in [6.45, 7) is 8.06. The van der Waals surface area contributed by atoms with Crippen LogP contribution in [-0.4, -0.2) is 48.8 Å². The number of nitriles is 1. The first-order chi connectivity index (χ1) is 8.57. The Bertz CT molecular complexity index is 267. The van der Waals surface area contributed by atoms with Crippen LogP contribution in [0.1, 0.15) is 39.5 Å². The molecule has 0 spiro atoms. The Labute approximate surface area is 111 Å². The summed E-state index contributed by atoms with van der Waals surface area (Å²) < 4.78 is 0. The maximum Gasteiger partial charge on any atom is 0.0683 e. The summed E-state index contributed by atoms with van der Waals surface area (Å²) in [7, 11) is 0. The van der Waals surface area contributed by atoms with Gasteiger partial charge < -0.3 is 10.4 Å². The predicted molar refractivity (Wildman–Crippen MR) is 73.2 cm³/mol. The van der Waals surface area contributed by atoms with Crippen LogP contribution in [0, 0.1) is 16.7 Å². The van der Waals surface area contributed by atoms with E-state index >= 15 is 0 Å². The van der Waals surface area contributed by atoms with E-state index in [2.05, 4.69) is 16.3 Å². The minimum Gasteiger partial charge on any atom is -0.395 e. The van der Waals surface area contributed by atoms with E-state index in [-0.39, 0.29) is 12.0 Å². The molecule has 1 atom stereocenters. The molecule has 0 aromatic heterocycles. The van der Waals surface area contributed by atoms with Crippen molar-refractivity contribution < 1.29 is 5.11 Å². The summed E-state index contributed by atoms with van der Waals surface area (Å²) in [4.78, 5) is 2.32. The van der Waals surface area contributed by atoms with Gasteiger partial charge in [0.2, 0.25) is 0 Å². The van der Waals surface area contributed by atoms with Crippen LogP contribution in [0.15, 0.2) is 0 Å². The van der Waals surface area contributed by atoms with Gasteiger partial charge >= 0.3 is 0 Å². The number of nitrogens with zero attached hydrogens (tertiary/aromatic N) is 2. The molecule has 1 aliphatic rings. The van der Waals surface area contributed by atoms with E-state index < -0.39 is 0 Å². The predicted octanol–water partition coefficient (Wildman–Crippen LogP) is 1.36. The second kappa shape index (κ2) is 7.73. The smallest absolute Gasteiger partial charge is 0.0683 e. The fourth-order valence-electron chi connectivity index (χ4n) is 2.46. The van der Waals surface area contributed by atoms with Crippen LogP contribution in [0.25, 0.3) is 0 Å². The summed E-state index contributed by atoms with van der Waals surface area (Å²) in [5.41, 5.74) is -0.226. The lowest BCUT2D eigenvalue weighted by molar-refractivity contribution is 0.179. The fraction of sp³-hybridized carbons (Fsp3) is 0.929. The Morgan fingerprint density at radius 1 is 1.44 bits per heavy atom. The number of aliphatic hydroxyl groups excluding tert-OH is 1. The summed E-state index contributed by atoms with van der Waals surface area (Å²) in [6.07, 6.45) is 4.45. The second-order valence-electron chi connectivity index (χ2n) is 5.92. The minimum atomic E-state index is -0.226. The summed E-state index contributed by atoms with van der Waals surface area (Å²) in [6, 6.07) is 2.92. The van der Waals surface area contributed by atoms with Crippen LogP contribution in [0.3, 0.4) is 0 Å². The summed E-state index contributed by atoms with van der Waals surface area (Å²) in [5, 5.41) is 21.6. The maximum atomic E-state index is 9.10. The molecule has 1 aliphatic heterocycles. The van der Waals surface area contributed by atoms with Crippen molar-refractivity contribution in [1.29, 1.82) is 5.26 Å². The largest absolute Gasteiger partial charge is 0.395 e.